The lowest BCUT2D eigenvalue weighted by atomic mass is 9.96. The van der Waals surface area contributed by atoms with Gasteiger partial charge in [-0.15, -0.1) is 0 Å². The summed E-state index contributed by atoms with van der Waals surface area (Å²) >= 11 is 0. The van der Waals surface area contributed by atoms with E-state index in [9.17, 15) is 0 Å². The first-order valence-corrected chi connectivity index (χ1v) is 6.10. The Hall–Kier alpha value is -2.28. The Bertz CT molecular complexity index is 714. The third-order valence-corrected chi connectivity index (χ3v) is 3.29. The molecule has 18 heavy (non-hydrogen) atoms. The summed E-state index contributed by atoms with van der Waals surface area (Å²) in [4.78, 5) is 0. The maximum atomic E-state index is 6.03. The Morgan fingerprint density at radius 2 is 1.56 bits per heavy atom. The molecule has 0 spiro atoms. The molecule has 0 aliphatic rings. The van der Waals surface area contributed by atoms with Crippen LogP contribution in [0.2, 0.25) is 0 Å². The lowest BCUT2D eigenvalue weighted by Crippen LogP contribution is -1.89. The minimum atomic E-state index is 0.835. The predicted molar refractivity (Wildman–Crippen MR) is 78.5 cm³/mol. The summed E-state index contributed by atoms with van der Waals surface area (Å²) in [5.74, 6) is 0. The van der Waals surface area contributed by atoms with Gasteiger partial charge in [-0.3, -0.25) is 0 Å². The van der Waals surface area contributed by atoms with Crippen molar-refractivity contribution in [3.05, 3.63) is 66.2 Å². The van der Waals surface area contributed by atoms with Crippen molar-refractivity contribution in [3.63, 3.8) is 0 Å². The number of hydrogen-bond donors (Lipinski definition) is 1. The number of nitrogens with two attached hydrogens (primary N) is 1. The van der Waals surface area contributed by atoms with Crippen LogP contribution in [0.4, 0.5) is 5.69 Å². The molecule has 0 fully saturated rings. The van der Waals surface area contributed by atoms with Crippen molar-refractivity contribution in [1.29, 1.82) is 0 Å². The molecule has 0 unspecified atom stereocenters. The first-order valence-electron chi connectivity index (χ1n) is 6.10. The molecule has 0 amide bonds. The quantitative estimate of drug-likeness (QED) is 0.619. The zero-order valence-corrected chi connectivity index (χ0v) is 10.4. The van der Waals surface area contributed by atoms with E-state index in [2.05, 4.69) is 55.5 Å². The van der Waals surface area contributed by atoms with Gasteiger partial charge in [0.2, 0.25) is 0 Å². The number of anilines is 1. The van der Waals surface area contributed by atoms with Crippen LogP contribution < -0.4 is 5.73 Å². The van der Waals surface area contributed by atoms with Gasteiger partial charge in [-0.25, -0.2) is 0 Å². The highest BCUT2D eigenvalue weighted by atomic mass is 14.5. The van der Waals surface area contributed by atoms with Crippen LogP contribution in [-0.4, -0.2) is 0 Å². The average Bonchev–Trinajstić information content (AvgIpc) is 2.39. The first kappa shape index (κ1) is 10.8. The number of benzene rings is 3. The lowest BCUT2D eigenvalue weighted by molar-refractivity contribution is 1.47. The lowest BCUT2D eigenvalue weighted by Gasteiger charge is -2.09. The average molecular weight is 233 g/mol. The zero-order chi connectivity index (χ0) is 12.5. The molecule has 0 radical (unpaired) electrons. The predicted octanol–water partition coefficient (Wildman–Crippen LogP) is 4.40. The molecule has 0 saturated heterocycles. The Balaban J connectivity index is 2.33. The van der Waals surface area contributed by atoms with E-state index in [0.29, 0.717) is 0 Å². The van der Waals surface area contributed by atoms with Crippen molar-refractivity contribution in [2.45, 2.75) is 6.92 Å². The number of rotatable bonds is 1. The Morgan fingerprint density at radius 3 is 2.33 bits per heavy atom. The van der Waals surface area contributed by atoms with Crippen LogP contribution in [0.15, 0.2) is 60.7 Å². The third-order valence-electron chi connectivity index (χ3n) is 3.29. The minimum Gasteiger partial charge on any atom is -0.398 e. The number of hydrogen-bond acceptors (Lipinski definition) is 1. The van der Waals surface area contributed by atoms with Crippen molar-refractivity contribution in [1.82, 2.24) is 0 Å². The van der Waals surface area contributed by atoms with E-state index in [1.165, 1.54) is 22.1 Å². The molecule has 2 N–H and O–H groups in total. The van der Waals surface area contributed by atoms with Gasteiger partial charge in [0.25, 0.3) is 0 Å². The van der Waals surface area contributed by atoms with Crippen LogP contribution in [0, 0.1) is 6.92 Å². The largest absolute Gasteiger partial charge is 0.398 e. The van der Waals surface area contributed by atoms with Gasteiger partial charge in [-0.1, -0.05) is 60.2 Å². The van der Waals surface area contributed by atoms with Crippen LogP contribution in [0.1, 0.15) is 5.56 Å². The maximum absolute atomic E-state index is 6.03. The van der Waals surface area contributed by atoms with Crippen molar-refractivity contribution in [2.24, 2.45) is 0 Å². The van der Waals surface area contributed by atoms with E-state index >= 15 is 0 Å². The Morgan fingerprint density at radius 1 is 0.778 bits per heavy atom. The normalized spacial score (nSPS) is 10.7. The fourth-order valence-electron chi connectivity index (χ4n) is 2.39. The summed E-state index contributed by atoms with van der Waals surface area (Å²) in [5.41, 5.74) is 10.6. The highest BCUT2D eigenvalue weighted by Gasteiger charge is 2.05. The molecule has 3 aromatic carbocycles. The zero-order valence-electron chi connectivity index (χ0n) is 10.4. The fraction of sp³-hybridized carbons (Fsp3) is 0.0588. The highest BCUT2D eigenvalue weighted by molar-refractivity contribution is 6.02. The van der Waals surface area contributed by atoms with Crippen LogP contribution in [-0.2, 0) is 0 Å². The van der Waals surface area contributed by atoms with E-state index in [0.717, 1.165) is 11.1 Å². The minimum absolute atomic E-state index is 0.835. The van der Waals surface area contributed by atoms with E-state index in [4.69, 9.17) is 5.73 Å². The summed E-state index contributed by atoms with van der Waals surface area (Å²) < 4.78 is 0. The smallest absolute Gasteiger partial charge is 0.0394 e. The van der Waals surface area contributed by atoms with Crippen LogP contribution in [0.3, 0.4) is 0 Å². The van der Waals surface area contributed by atoms with Crippen molar-refractivity contribution >= 4 is 16.5 Å². The molecule has 88 valence electrons. The first-order chi connectivity index (χ1) is 8.75. The highest BCUT2D eigenvalue weighted by Crippen LogP contribution is 2.32. The second-order valence-corrected chi connectivity index (χ2v) is 4.62. The molecule has 0 saturated carbocycles. The second-order valence-electron chi connectivity index (χ2n) is 4.62. The molecule has 0 heterocycles. The monoisotopic (exact) mass is 233 g/mol. The molecule has 0 aromatic heterocycles. The van der Waals surface area contributed by atoms with E-state index < -0.39 is 0 Å². The molecule has 1 heteroatoms. The van der Waals surface area contributed by atoms with Crippen molar-refractivity contribution in [3.8, 4) is 11.1 Å². The molecular formula is C17H15N. The van der Waals surface area contributed by atoms with Crippen LogP contribution >= 0.6 is 0 Å². The second kappa shape index (κ2) is 4.19. The summed E-state index contributed by atoms with van der Waals surface area (Å²) in [6.45, 7) is 2.11. The van der Waals surface area contributed by atoms with Gasteiger partial charge in [-0.2, -0.15) is 0 Å². The fourth-order valence-corrected chi connectivity index (χ4v) is 2.39. The third kappa shape index (κ3) is 1.74. The van der Waals surface area contributed by atoms with Crippen molar-refractivity contribution in [2.75, 3.05) is 5.73 Å². The van der Waals surface area contributed by atoms with E-state index in [1.807, 2.05) is 12.1 Å². The summed E-state index contributed by atoms with van der Waals surface area (Å²) in [6.07, 6.45) is 0. The summed E-state index contributed by atoms with van der Waals surface area (Å²) in [7, 11) is 0. The van der Waals surface area contributed by atoms with E-state index in [-0.39, 0.29) is 0 Å². The molecular weight excluding hydrogens is 218 g/mol. The van der Waals surface area contributed by atoms with Gasteiger partial charge >= 0.3 is 0 Å². The number of aryl methyl sites for hydroxylation is 1. The summed E-state index contributed by atoms with van der Waals surface area (Å²) in [6, 6.07) is 20.9. The Labute approximate surface area is 107 Å². The van der Waals surface area contributed by atoms with Crippen molar-refractivity contribution < 1.29 is 0 Å². The molecule has 0 aliphatic carbocycles. The van der Waals surface area contributed by atoms with Gasteiger partial charge in [0.1, 0.15) is 0 Å². The number of fused-ring (bicyclic) bond motifs is 1. The van der Waals surface area contributed by atoms with Gasteiger partial charge in [0.05, 0.1) is 0 Å². The summed E-state index contributed by atoms with van der Waals surface area (Å²) in [5, 5.41) is 2.33. The maximum Gasteiger partial charge on any atom is 0.0394 e. The van der Waals surface area contributed by atoms with Crippen LogP contribution in [0.25, 0.3) is 21.9 Å². The molecule has 0 aliphatic heterocycles. The molecule has 3 aromatic rings. The molecule has 0 atom stereocenters. The SMILES string of the molecule is Cc1cccc(-c2ccc(N)c3ccccc23)c1. The van der Waals surface area contributed by atoms with Gasteiger partial charge in [0.15, 0.2) is 0 Å². The van der Waals surface area contributed by atoms with Gasteiger partial charge in [0, 0.05) is 11.1 Å². The van der Waals surface area contributed by atoms with E-state index in [1.54, 1.807) is 0 Å². The molecule has 1 nitrogen and oxygen atoms in total. The number of nitrogen functional groups attached to an aromatic ring is 1. The topological polar surface area (TPSA) is 26.0 Å². The molecule has 0 bridgehead atoms. The Kier molecular flexibility index (Phi) is 2.52. The van der Waals surface area contributed by atoms with Gasteiger partial charge < -0.3 is 5.73 Å². The van der Waals surface area contributed by atoms with Crippen LogP contribution in [0.5, 0.6) is 0 Å². The standard InChI is InChI=1S/C17H15N/c1-12-5-4-6-13(11-12)14-9-10-17(18)16-8-3-2-7-15(14)16/h2-11H,18H2,1H3. The molecule has 3 rings (SSSR count). The van der Waals surface area contributed by atoms with Gasteiger partial charge in [-0.05, 0) is 29.5 Å².